The number of carbonyl (C=O) groups is 1. The van der Waals surface area contributed by atoms with Gasteiger partial charge >= 0.3 is 0 Å². The van der Waals surface area contributed by atoms with Crippen LogP contribution in [-0.2, 0) is 13.5 Å². The molecular weight excluding hydrogens is 348 g/mol. The normalized spacial score (nSPS) is 15.8. The van der Waals surface area contributed by atoms with Gasteiger partial charge in [-0.1, -0.05) is 48.5 Å². The molecule has 5 heteroatoms. The van der Waals surface area contributed by atoms with Crippen molar-refractivity contribution in [2.24, 2.45) is 13.0 Å². The smallest absolute Gasteiger partial charge is 0.270 e. The summed E-state index contributed by atoms with van der Waals surface area (Å²) in [5.41, 5.74) is 2.91. The fourth-order valence-electron chi connectivity index (χ4n) is 4.08. The highest BCUT2D eigenvalue weighted by Gasteiger charge is 2.21. The lowest BCUT2D eigenvalue weighted by Gasteiger charge is -2.32. The van der Waals surface area contributed by atoms with E-state index in [-0.39, 0.29) is 5.91 Å². The maximum atomic E-state index is 12.7. The van der Waals surface area contributed by atoms with Gasteiger partial charge in [-0.3, -0.25) is 9.48 Å². The van der Waals surface area contributed by atoms with E-state index in [1.807, 2.05) is 31.3 Å². The largest absolute Gasteiger partial charge is 0.350 e. The Morgan fingerprint density at radius 1 is 1.07 bits per heavy atom. The molecular formula is C23H28N4O. The van der Waals surface area contributed by atoms with Crippen molar-refractivity contribution >= 4 is 16.8 Å². The molecule has 0 radical (unpaired) electrons. The molecule has 1 amide bonds. The lowest BCUT2D eigenvalue weighted by Crippen LogP contribution is -2.39. The molecule has 1 aliphatic rings. The number of hydrogen-bond donors (Lipinski definition) is 1. The second kappa shape index (κ2) is 8.57. The number of nitrogens with one attached hydrogen (secondary N) is 1. The summed E-state index contributed by atoms with van der Waals surface area (Å²) < 4.78 is 1.69. The van der Waals surface area contributed by atoms with Gasteiger partial charge in [-0.2, -0.15) is 5.10 Å². The summed E-state index contributed by atoms with van der Waals surface area (Å²) in [6.45, 7) is 4.08. The van der Waals surface area contributed by atoms with Crippen molar-refractivity contribution < 1.29 is 4.79 Å². The van der Waals surface area contributed by atoms with Gasteiger partial charge in [-0.25, -0.2) is 0 Å². The Labute approximate surface area is 166 Å². The molecule has 0 unspecified atom stereocenters. The predicted octanol–water partition coefficient (Wildman–Crippen LogP) is 3.26. The molecule has 0 aliphatic carbocycles. The van der Waals surface area contributed by atoms with E-state index in [1.165, 1.54) is 5.56 Å². The van der Waals surface area contributed by atoms with E-state index < -0.39 is 0 Å². The second-order valence-corrected chi connectivity index (χ2v) is 7.72. The summed E-state index contributed by atoms with van der Waals surface area (Å²) in [6, 6.07) is 18.5. The van der Waals surface area contributed by atoms with E-state index in [0.29, 0.717) is 11.6 Å². The van der Waals surface area contributed by atoms with Crippen molar-refractivity contribution in [1.82, 2.24) is 20.0 Å². The number of nitrogens with zero attached hydrogens (tertiary/aromatic N) is 3. The number of rotatable bonds is 6. The fraction of sp³-hybridized carbons (Fsp3) is 0.391. The minimum absolute atomic E-state index is 0.0253. The lowest BCUT2D eigenvalue weighted by atomic mass is 9.96. The van der Waals surface area contributed by atoms with Crippen molar-refractivity contribution in [1.29, 1.82) is 0 Å². The summed E-state index contributed by atoms with van der Waals surface area (Å²) in [4.78, 5) is 15.3. The van der Waals surface area contributed by atoms with Crippen LogP contribution in [0.15, 0.2) is 54.6 Å². The highest BCUT2D eigenvalue weighted by molar-refractivity contribution is 6.04. The molecule has 146 valence electrons. The van der Waals surface area contributed by atoms with Gasteiger partial charge in [0.1, 0.15) is 5.69 Å². The molecule has 5 nitrogen and oxygen atoms in total. The highest BCUT2D eigenvalue weighted by Crippen LogP contribution is 2.19. The van der Waals surface area contributed by atoms with Gasteiger partial charge in [0.15, 0.2) is 0 Å². The molecule has 0 spiro atoms. The first-order valence-electron chi connectivity index (χ1n) is 10.2. The van der Waals surface area contributed by atoms with Crippen LogP contribution in [0.3, 0.4) is 0 Å². The molecule has 1 aromatic heterocycles. The minimum Gasteiger partial charge on any atom is -0.350 e. The van der Waals surface area contributed by atoms with Gasteiger partial charge < -0.3 is 10.2 Å². The standard InChI is InChI=1S/C23H28N4O/c1-26-22(20-9-5-6-10-21(20)25-26)23(28)24-17-19-12-15-27(16-13-19)14-11-18-7-3-2-4-8-18/h2-10,19H,11-17H2,1H3,(H,24,28). The maximum Gasteiger partial charge on any atom is 0.270 e. The third-order valence-corrected chi connectivity index (χ3v) is 5.77. The summed E-state index contributed by atoms with van der Waals surface area (Å²) in [7, 11) is 1.83. The number of aryl methyl sites for hydroxylation is 1. The molecule has 1 fully saturated rings. The third-order valence-electron chi connectivity index (χ3n) is 5.77. The van der Waals surface area contributed by atoms with Gasteiger partial charge in [0.05, 0.1) is 5.52 Å². The quantitative estimate of drug-likeness (QED) is 0.718. The number of amides is 1. The number of likely N-dealkylation sites (tertiary alicyclic amines) is 1. The highest BCUT2D eigenvalue weighted by atomic mass is 16.2. The Hall–Kier alpha value is -2.66. The molecule has 2 aromatic carbocycles. The Balaban J connectivity index is 1.25. The van der Waals surface area contributed by atoms with Crippen molar-refractivity contribution in [3.8, 4) is 0 Å². The first-order valence-corrected chi connectivity index (χ1v) is 10.2. The van der Waals surface area contributed by atoms with Crippen molar-refractivity contribution in [3.05, 3.63) is 65.9 Å². The summed E-state index contributed by atoms with van der Waals surface area (Å²) >= 11 is 0. The topological polar surface area (TPSA) is 50.2 Å². The number of hydrogen-bond acceptors (Lipinski definition) is 3. The molecule has 2 heterocycles. The van der Waals surface area contributed by atoms with E-state index in [9.17, 15) is 4.79 Å². The van der Waals surface area contributed by atoms with Gasteiger partial charge in [-0.15, -0.1) is 0 Å². The zero-order valence-electron chi connectivity index (χ0n) is 16.5. The summed E-state index contributed by atoms with van der Waals surface area (Å²) in [5.74, 6) is 0.527. The SMILES string of the molecule is Cn1nc2ccccc2c1C(=O)NCC1CCN(CCc2ccccc2)CC1. The van der Waals surface area contributed by atoms with Crippen LogP contribution in [0.4, 0.5) is 0 Å². The third kappa shape index (κ3) is 4.25. The predicted molar refractivity (Wildman–Crippen MR) is 112 cm³/mol. The van der Waals surface area contributed by atoms with Crippen LogP contribution >= 0.6 is 0 Å². The fourth-order valence-corrected chi connectivity index (χ4v) is 4.08. The first kappa shape index (κ1) is 18.7. The summed E-state index contributed by atoms with van der Waals surface area (Å²) in [5, 5.41) is 8.49. The Bertz CT molecular complexity index is 926. The van der Waals surface area contributed by atoms with Crippen LogP contribution in [0.5, 0.6) is 0 Å². The van der Waals surface area contributed by atoms with Crippen molar-refractivity contribution in [3.63, 3.8) is 0 Å². The molecule has 1 saturated heterocycles. The molecule has 3 aromatic rings. The molecule has 0 bridgehead atoms. The second-order valence-electron chi connectivity index (χ2n) is 7.72. The van der Waals surface area contributed by atoms with Gasteiger partial charge in [-0.05, 0) is 49.9 Å². The van der Waals surface area contributed by atoms with Crippen LogP contribution in [0.1, 0.15) is 28.9 Å². The number of aromatic nitrogens is 2. The van der Waals surface area contributed by atoms with Crippen molar-refractivity contribution in [2.45, 2.75) is 19.3 Å². The van der Waals surface area contributed by atoms with Crippen LogP contribution in [0, 0.1) is 5.92 Å². The van der Waals surface area contributed by atoms with Crippen LogP contribution in [0.25, 0.3) is 10.9 Å². The molecule has 28 heavy (non-hydrogen) atoms. The van der Waals surface area contributed by atoms with Crippen molar-refractivity contribution in [2.75, 3.05) is 26.2 Å². The Morgan fingerprint density at radius 2 is 1.79 bits per heavy atom. The lowest BCUT2D eigenvalue weighted by molar-refractivity contribution is 0.0928. The number of benzene rings is 2. The van der Waals surface area contributed by atoms with E-state index >= 15 is 0 Å². The number of fused-ring (bicyclic) bond motifs is 1. The minimum atomic E-state index is -0.0253. The maximum absolute atomic E-state index is 12.7. The van der Waals surface area contributed by atoms with E-state index in [4.69, 9.17) is 0 Å². The molecule has 4 rings (SSSR count). The van der Waals surface area contributed by atoms with Gasteiger partial charge in [0, 0.05) is 25.5 Å². The van der Waals surface area contributed by atoms with E-state index in [0.717, 1.165) is 56.3 Å². The van der Waals surface area contributed by atoms with Crippen LogP contribution in [-0.4, -0.2) is 46.8 Å². The molecule has 0 saturated carbocycles. The zero-order valence-corrected chi connectivity index (χ0v) is 16.5. The Kier molecular flexibility index (Phi) is 5.72. The molecule has 1 aliphatic heterocycles. The van der Waals surface area contributed by atoms with Gasteiger partial charge in [0.25, 0.3) is 5.91 Å². The van der Waals surface area contributed by atoms with Gasteiger partial charge in [0.2, 0.25) is 0 Å². The van der Waals surface area contributed by atoms with Crippen LogP contribution < -0.4 is 5.32 Å². The Morgan fingerprint density at radius 3 is 2.57 bits per heavy atom. The number of piperidine rings is 1. The van der Waals surface area contributed by atoms with E-state index in [2.05, 4.69) is 45.6 Å². The first-order chi connectivity index (χ1) is 13.7. The summed E-state index contributed by atoms with van der Waals surface area (Å²) in [6.07, 6.45) is 3.39. The zero-order chi connectivity index (χ0) is 19.3. The monoisotopic (exact) mass is 376 g/mol. The average molecular weight is 377 g/mol. The number of carbonyl (C=O) groups excluding carboxylic acids is 1. The average Bonchev–Trinajstić information content (AvgIpc) is 3.08. The molecule has 1 N–H and O–H groups in total. The van der Waals surface area contributed by atoms with Crippen LogP contribution in [0.2, 0.25) is 0 Å². The molecule has 0 atom stereocenters. The van der Waals surface area contributed by atoms with E-state index in [1.54, 1.807) is 4.68 Å².